The van der Waals surface area contributed by atoms with Crippen molar-refractivity contribution in [2.45, 2.75) is 72.1 Å². The van der Waals surface area contributed by atoms with E-state index < -0.39 is 0 Å². The molecule has 4 unspecified atom stereocenters. The van der Waals surface area contributed by atoms with Crippen LogP contribution in [0.1, 0.15) is 72.1 Å². The molecule has 2 aliphatic rings. The Kier molecular flexibility index (Phi) is 4.33. The van der Waals surface area contributed by atoms with Gasteiger partial charge in [0.05, 0.1) is 0 Å². The highest BCUT2D eigenvalue weighted by molar-refractivity contribution is 4.94. The molecule has 2 saturated carbocycles. The van der Waals surface area contributed by atoms with E-state index in [4.69, 9.17) is 0 Å². The van der Waals surface area contributed by atoms with Gasteiger partial charge in [0.2, 0.25) is 0 Å². The quantitative estimate of drug-likeness (QED) is 0.524. The Bertz CT molecular complexity index is 206. The summed E-state index contributed by atoms with van der Waals surface area (Å²) < 4.78 is 0. The molecule has 0 aromatic carbocycles. The van der Waals surface area contributed by atoms with Crippen LogP contribution in [0.5, 0.6) is 0 Å². The van der Waals surface area contributed by atoms with E-state index >= 15 is 0 Å². The molecule has 0 N–H and O–H groups in total. The van der Waals surface area contributed by atoms with E-state index in [1.807, 2.05) is 0 Å². The molecule has 0 aromatic rings. The maximum atomic E-state index is 2.35. The molecule has 0 saturated heterocycles. The lowest BCUT2D eigenvalue weighted by Gasteiger charge is -2.03. The molecule has 16 heavy (non-hydrogen) atoms. The minimum absolute atomic E-state index is 0.912. The summed E-state index contributed by atoms with van der Waals surface area (Å²) in [6.45, 7) is 7.04. The minimum atomic E-state index is 0.912. The maximum absolute atomic E-state index is 2.35. The summed E-state index contributed by atoms with van der Waals surface area (Å²) in [6, 6.07) is 0. The minimum Gasteiger partial charge on any atom is -0.0654 e. The maximum Gasteiger partial charge on any atom is -0.0380 e. The van der Waals surface area contributed by atoms with E-state index in [2.05, 4.69) is 20.8 Å². The van der Waals surface area contributed by atoms with Gasteiger partial charge in [-0.3, -0.25) is 0 Å². The zero-order valence-electron chi connectivity index (χ0n) is 11.5. The molecule has 2 fully saturated rings. The Morgan fingerprint density at radius 2 is 1.56 bits per heavy atom. The van der Waals surface area contributed by atoms with Crippen LogP contribution in [0.15, 0.2) is 0 Å². The summed E-state index contributed by atoms with van der Waals surface area (Å²) in [4.78, 5) is 0. The highest BCUT2D eigenvalue weighted by Gasteiger charge is 2.44. The Morgan fingerprint density at radius 3 is 2.12 bits per heavy atom. The van der Waals surface area contributed by atoms with Gasteiger partial charge in [-0.1, -0.05) is 52.9 Å². The molecule has 0 radical (unpaired) electrons. The molecule has 2 rings (SSSR count). The van der Waals surface area contributed by atoms with E-state index in [1.165, 1.54) is 32.1 Å². The van der Waals surface area contributed by atoms with Crippen LogP contribution in [0.3, 0.4) is 0 Å². The molecular weight excluding hydrogens is 192 g/mol. The van der Waals surface area contributed by atoms with Crippen molar-refractivity contribution in [3.8, 4) is 0 Å². The monoisotopic (exact) mass is 222 g/mol. The van der Waals surface area contributed by atoms with Gasteiger partial charge in [-0.25, -0.2) is 0 Å². The lowest BCUT2D eigenvalue weighted by Crippen LogP contribution is -1.91. The van der Waals surface area contributed by atoms with Gasteiger partial charge in [-0.2, -0.15) is 0 Å². The van der Waals surface area contributed by atoms with Crippen LogP contribution >= 0.6 is 0 Å². The second kappa shape index (κ2) is 5.56. The predicted octanol–water partition coefficient (Wildman–Crippen LogP) is 5.28. The second-order valence-electron chi connectivity index (χ2n) is 6.86. The first kappa shape index (κ1) is 12.5. The smallest absolute Gasteiger partial charge is 0.0380 e. The van der Waals surface area contributed by atoms with E-state index in [0.29, 0.717) is 0 Å². The molecule has 0 aliphatic heterocycles. The van der Waals surface area contributed by atoms with E-state index in [9.17, 15) is 0 Å². The molecule has 0 nitrogen and oxygen atoms in total. The molecule has 0 heteroatoms. The molecular formula is C16H30. The number of rotatable bonds is 8. The van der Waals surface area contributed by atoms with Crippen molar-refractivity contribution in [3.05, 3.63) is 0 Å². The standard InChI is InChI=1S/C16H30/c1-4-6-13-9-15(13)11-16-10-14(16)8-5-7-12(2)3/h12-16H,4-11H2,1-3H3. The van der Waals surface area contributed by atoms with Crippen molar-refractivity contribution in [2.75, 3.05) is 0 Å². The largest absolute Gasteiger partial charge is 0.0654 e. The van der Waals surface area contributed by atoms with Crippen LogP contribution < -0.4 is 0 Å². The average Bonchev–Trinajstić information content (AvgIpc) is 3.09. The second-order valence-corrected chi connectivity index (χ2v) is 6.86. The van der Waals surface area contributed by atoms with E-state index in [1.54, 1.807) is 19.3 Å². The van der Waals surface area contributed by atoms with Crippen molar-refractivity contribution in [1.82, 2.24) is 0 Å². The highest BCUT2D eigenvalue weighted by Crippen LogP contribution is 2.54. The van der Waals surface area contributed by atoms with E-state index in [-0.39, 0.29) is 0 Å². The van der Waals surface area contributed by atoms with Crippen molar-refractivity contribution in [3.63, 3.8) is 0 Å². The van der Waals surface area contributed by atoms with Gasteiger partial charge in [-0.05, 0) is 48.9 Å². The molecule has 4 atom stereocenters. The molecule has 0 amide bonds. The Labute approximate surface area is 102 Å². The third kappa shape index (κ3) is 3.79. The Hall–Kier alpha value is 0. The third-order valence-corrected chi connectivity index (χ3v) is 4.76. The van der Waals surface area contributed by atoms with Gasteiger partial charge in [-0.15, -0.1) is 0 Å². The van der Waals surface area contributed by atoms with Gasteiger partial charge in [0, 0.05) is 0 Å². The number of hydrogen-bond donors (Lipinski definition) is 0. The Morgan fingerprint density at radius 1 is 0.938 bits per heavy atom. The third-order valence-electron chi connectivity index (χ3n) is 4.76. The van der Waals surface area contributed by atoms with Crippen LogP contribution in [-0.4, -0.2) is 0 Å². The Balaban J connectivity index is 1.49. The van der Waals surface area contributed by atoms with Crippen LogP contribution in [0.25, 0.3) is 0 Å². The predicted molar refractivity (Wildman–Crippen MR) is 71.4 cm³/mol. The summed E-state index contributed by atoms with van der Waals surface area (Å²) in [6.07, 6.45) is 12.1. The normalized spacial score (nSPS) is 36.8. The molecule has 0 spiro atoms. The van der Waals surface area contributed by atoms with Crippen LogP contribution in [0.4, 0.5) is 0 Å². The summed E-state index contributed by atoms with van der Waals surface area (Å²) >= 11 is 0. The first-order chi connectivity index (χ1) is 7.70. The van der Waals surface area contributed by atoms with Crippen molar-refractivity contribution in [1.29, 1.82) is 0 Å². The van der Waals surface area contributed by atoms with Gasteiger partial charge < -0.3 is 0 Å². The van der Waals surface area contributed by atoms with Gasteiger partial charge in [0.15, 0.2) is 0 Å². The van der Waals surface area contributed by atoms with Crippen LogP contribution in [0.2, 0.25) is 0 Å². The van der Waals surface area contributed by atoms with Crippen LogP contribution in [-0.2, 0) is 0 Å². The van der Waals surface area contributed by atoms with Gasteiger partial charge in [0.25, 0.3) is 0 Å². The lowest BCUT2D eigenvalue weighted by molar-refractivity contribution is 0.486. The zero-order chi connectivity index (χ0) is 11.5. The molecule has 94 valence electrons. The molecule has 2 aliphatic carbocycles. The molecule has 0 heterocycles. The first-order valence-electron chi connectivity index (χ1n) is 7.70. The van der Waals surface area contributed by atoms with Crippen molar-refractivity contribution in [2.24, 2.45) is 29.6 Å². The highest BCUT2D eigenvalue weighted by atomic mass is 14.5. The molecule has 0 bridgehead atoms. The van der Waals surface area contributed by atoms with Gasteiger partial charge in [0.1, 0.15) is 0 Å². The SMILES string of the molecule is CCCC1CC1CC1CC1CCCC(C)C. The fourth-order valence-electron chi connectivity index (χ4n) is 3.45. The topological polar surface area (TPSA) is 0 Å². The summed E-state index contributed by atoms with van der Waals surface area (Å²) in [5.74, 6) is 5.50. The van der Waals surface area contributed by atoms with Crippen LogP contribution in [0, 0.1) is 29.6 Å². The summed E-state index contributed by atoms with van der Waals surface area (Å²) in [5.41, 5.74) is 0. The summed E-state index contributed by atoms with van der Waals surface area (Å²) in [5, 5.41) is 0. The van der Waals surface area contributed by atoms with E-state index in [0.717, 1.165) is 29.6 Å². The first-order valence-corrected chi connectivity index (χ1v) is 7.70. The zero-order valence-corrected chi connectivity index (χ0v) is 11.5. The summed E-state index contributed by atoms with van der Waals surface area (Å²) in [7, 11) is 0. The fraction of sp³-hybridized carbons (Fsp3) is 1.00. The molecule has 0 aromatic heterocycles. The lowest BCUT2D eigenvalue weighted by atomic mass is 10.0. The van der Waals surface area contributed by atoms with Crippen molar-refractivity contribution >= 4 is 0 Å². The average molecular weight is 222 g/mol. The fourth-order valence-corrected chi connectivity index (χ4v) is 3.45. The van der Waals surface area contributed by atoms with Gasteiger partial charge >= 0.3 is 0 Å². The number of hydrogen-bond acceptors (Lipinski definition) is 0. The van der Waals surface area contributed by atoms with Crippen molar-refractivity contribution < 1.29 is 0 Å².